The molecule has 2 heterocycles. The Balaban J connectivity index is 2.11. The molecule has 0 aliphatic carbocycles. The molecule has 0 aromatic carbocycles. The first-order valence-corrected chi connectivity index (χ1v) is 5.20. The number of likely N-dealkylation sites (tertiary alicyclic amines) is 1. The van der Waals surface area contributed by atoms with Gasteiger partial charge in [0.05, 0.1) is 0 Å². The van der Waals surface area contributed by atoms with E-state index in [-0.39, 0.29) is 11.7 Å². The number of carbonyl (C=O) groups is 1. The molecule has 1 saturated heterocycles. The number of hydrogen-bond donors (Lipinski definition) is 0. The summed E-state index contributed by atoms with van der Waals surface area (Å²) in [4.78, 5) is 17.4. The van der Waals surface area contributed by atoms with Crippen LogP contribution in [0.25, 0.3) is 0 Å². The van der Waals surface area contributed by atoms with Gasteiger partial charge in [-0.15, -0.1) is 0 Å². The molecule has 0 saturated carbocycles. The molecule has 5 heteroatoms. The van der Waals surface area contributed by atoms with Crippen molar-refractivity contribution >= 4 is 5.78 Å². The first kappa shape index (κ1) is 10.3. The standard InChI is InChI=1S/C10H15N3O2/c1-7(14)10-11-9(12-15-10)8-4-3-5-13(2)6-8/h8H,3-6H2,1-2H3. The molecular formula is C10H15N3O2. The van der Waals surface area contributed by atoms with Gasteiger partial charge in [0.25, 0.3) is 5.89 Å². The van der Waals surface area contributed by atoms with Crippen LogP contribution >= 0.6 is 0 Å². The van der Waals surface area contributed by atoms with Crippen LogP contribution in [0.3, 0.4) is 0 Å². The number of aromatic nitrogens is 2. The van der Waals surface area contributed by atoms with Crippen molar-refractivity contribution in [3.8, 4) is 0 Å². The summed E-state index contributed by atoms with van der Waals surface area (Å²) in [7, 11) is 2.08. The summed E-state index contributed by atoms with van der Waals surface area (Å²) in [5, 5.41) is 3.86. The molecule has 1 aromatic rings. The van der Waals surface area contributed by atoms with Crippen LogP contribution in [-0.2, 0) is 0 Å². The van der Waals surface area contributed by atoms with E-state index in [0.717, 1.165) is 25.9 Å². The largest absolute Gasteiger partial charge is 0.331 e. The molecule has 0 radical (unpaired) electrons. The summed E-state index contributed by atoms with van der Waals surface area (Å²) in [6, 6.07) is 0. The van der Waals surface area contributed by atoms with Crippen LogP contribution in [0.4, 0.5) is 0 Å². The number of ketones is 1. The van der Waals surface area contributed by atoms with Crippen LogP contribution in [0, 0.1) is 0 Å². The quantitative estimate of drug-likeness (QED) is 0.682. The van der Waals surface area contributed by atoms with E-state index in [1.807, 2.05) is 0 Å². The summed E-state index contributed by atoms with van der Waals surface area (Å²) in [6.07, 6.45) is 2.21. The maximum Gasteiger partial charge on any atom is 0.293 e. The maximum atomic E-state index is 11.0. The highest BCUT2D eigenvalue weighted by Gasteiger charge is 2.24. The van der Waals surface area contributed by atoms with E-state index in [1.165, 1.54) is 6.92 Å². The van der Waals surface area contributed by atoms with Crippen molar-refractivity contribution in [1.29, 1.82) is 0 Å². The molecule has 0 bridgehead atoms. The number of carbonyl (C=O) groups excluding carboxylic acids is 1. The number of nitrogens with zero attached hydrogens (tertiary/aromatic N) is 3. The van der Waals surface area contributed by atoms with Gasteiger partial charge in [-0.3, -0.25) is 4.79 Å². The van der Waals surface area contributed by atoms with Gasteiger partial charge >= 0.3 is 0 Å². The molecule has 1 aliphatic heterocycles. The van der Waals surface area contributed by atoms with E-state index in [0.29, 0.717) is 11.7 Å². The van der Waals surface area contributed by atoms with Crippen molar-refractivity contribution in [2.24, 2.45) is 0 Å². The van der Waals surface area contributed by atoms with Gasteiger partial charge in [0.15, 0.2) is 5.82 Å². The molecule has 1 aromatic heterocycles. The monoisotopic (exact) mass is 209 g/mol. The molecule has 5 nitrogen and oxygen atoms in total. The summed E-state index contributed by atoms with van der Waals surface area (Å²) < 4.78 is 4.89. The predicted octanol–water partition coefficient (Wildman–Crippen LogP) is 1.08. The highest BCUT2D eigenvalue weighted by molar-refractivity contribution is 5.89. The Morgan fingerprint density at radius 1 is 1.60 bits per heavy atom. The number of Topliss-reactive ketones (excluding diaryl/α,β-unsaturated/α-hetero) is 1. The molecule has 1 aliphatic rings. The maximum absolute atomic E-state index is 11.0. The zero-order valence-electron chi connectivity index (χ0n) is 9.06. The normalized spacial score (nSPS) is 22.9. The fourth-order valence-electron chi connectivity index (χ4n) is 1.92. The Labute approximate surface area is 88.5 Å². The second-order valence-electron chi connectivity index (χ2n) is 4.12. The molecule has 1 atom stereocenters. The summed E-state index contributed by atoms with van der Waals surface area (Å²) in [5.41, 5.74) is 0. The SMILES string of the molecule is CC(=O)c1nc(C2CCCN(C)C2)no1. The Morgan fingerprint density at radius 2 is 2.40 bits per heavy atom. The fraction of sp³-hybridized carbons (Fsp3) is 0.700. The van der Waals surface area contributed by atoms with Gasteiger partial charge < -0.3 is 9.42 Å². The van der Waals surface area contributed by atoms with Crippen LogP contribution < -0.4 is 0 Å². The second-order valence-corrected chi connectivity index (χ2v) is 4.12. The van der Waals surface area contributed by atoms with E-state index in [2.05, 4.69) is 22.1 Å². The molecule has 82 valence electrons. The average Bonchev–Trinajstić information content (AvgIpc) is 2.66. The van der Waals surface area contributed by atoms with E-state index < -0.39 is 0 Å². The van der Waals surface area contributed by atoms with Crippen molar-refractivity contribution in [3.05, 3.63) is 11.7 Å². The van der Waals surface area contributed by atoms with Crippen LogP contribution in [0.1, 0.15) is 42.2 Å². The van der Waals surface area contributed by atoms with Crippen molar-refractivity contribution in [1.82, 2.24) is 15.0 Å². The van der Waals surface area contributed by atoms with Gasteiger partial charge in [0.2, 0.25) is 5.78 Å². The van der Waals surface area contributed by atoms with Gasteiger partial charge in [-0.1, -0.05) is 5.16 Å². The molecule has 15 heavy (non-hydrogen) atoms. The van der Waals surface area contributed by atoms with Crippen LogP contribution in [0.2, 0.25) is 0 Å². The fourth-order valence-corrected chi connectivity index (χ4v) is 1.92. The third-order valence-electron chi connectivity index (χ3n) is 2.73. The lowest BCUT2D eigenvalue weighted by molar-refractivity contribution is 0.0972. The Morgan fingerprint density at radius 3 is 3.00 bits per heavy atom. The van der Waals surface area contributed by atoms with Crippen molar-refractivity contribution < 1.29 is 9.32 Å². The van der Waals surface area contributed by atoms with E-state index in [9.17, 15) is 4.79 Å². The lowest BCUT2D eigenvalue weighted by Gasteiger charge is -2.27. The van der Waals surface area contributed by atoms with E-state index in [1.54, 1.807) is 0 Å². The second kappa shape index (κ2) is 4.10. The zero-order valence-corrected chi connectivity index (χ0v) is 9.06. The minimum absolute atomic E-state index is 0.123. The number of likely N-dealkylation sites (N-methyl/N-ethyl adjacent to an activating group) is 1. The number of piperidine rings is 1. The van der Waals surface area contributed by atoms with E-state index in [4.69, 9.17) is 4.52 Å². The topological polar surface area (TPSA) is 59.2 Å². The molecule has 1 unspecified atom stereocenters. The molecule has 1 fully saturated rings. The van der Waals surface area contributed by atoms with Gasteiger partial charge in [-0.25, -0.2) is 0 Å². The smallest absolute Gasteiger partial charge is 0.293 e. The number of hydrogen-bond acceptors (Lipinski definition) is 5. The highest BCUT2D eigenvalue weighted by Crippen LogP contribution is 2.23. The first-order valence-electron chi connectivity index (χ1n) is 5.20. The van der Waals surface area contributed by atoms with Gasteiger partial charge in [-0.05, 0) is 26.4 Å². The predicted molar refractivity (Wildman–Crippen MR) is 53.8 cm³/mol. The number of rotatable bonds is 2. The van der Waals surface area contributed by atoms with Gasteiger partial charge in [-0.2, -0.15) is 4.98 Å². The lowest BCUT2D eigenvalue weighted by atomic mass is 9.98. The summed E-state index contributed by atoms with van der Waals surface area (Å²) >= 11 is 0. The Hall–Kier alpha value is -1.23. The third-order valence-corrected chi connectivity index (χ3v) is 2.73. The lowest BCUT2D eigenvalue weighted by Crippen LogP contribution is -2.31. The van der Waals surface area contributed by atoms with Crippen molar-refractivity contribution in [2.75, 3.05) is 20.1 Å². The van der Waals surface area contributed by atoms with Crippen molar-refractivity contribution in [2.45, 2.75) is 25.7 Å². The molecular weight excluding hydrogens is 194 g/mol. The van der Waals surface area contributed by atoms with Crippen LogP contribution in [-0.4, -0.2) is 41.0 Å². The van der Waals surface area contributed by atoms with Gasteiger partial charge in [0, 0.05) is 19.4 Å². The minimum atomic E-state index is -0.169. The average molecular weight is 209 g/mol. The molecule has 0 N–H and O–H groups in total. The highest BCUT2D eigenvalue weighted by atomic mass is 16.5. The summed E-state index contributed by atoms with van der Waals surface area (Å²) in [5.74, 6) is 0.934. The van der Waals surface area contributed by atoms with Crippen LogP contribution in [0.15, 0.2) is 4.52 Å². The molecule has 0 amide bonds. The Kier molecular flexibility index (Phi) is 2.81. The minimum Gasteiger partial charge on any atom is -0.331 e. The third kappa shape index (κ3) is 2.23. The van der Waals surface area contributed by atoms with Crippen molar-refractivity contribution in [3.63, 3.8) is 0 Å². The summed E-state index contributed by atoms with van der Waals surface area (Å²) in [6.45, 7) is 3.50. The molecule has 2 rings (SSSR count). The van der Waals surface area contributed by atoms with E-state index >= 15 is 0 Å². The van der Waals surface area contributed by atoms with Gasteiger partial charge in [0.1, 0.15) is 0 Å². The first-order chi connectivity index (χ1) is 7.16. The Bertz CT molecular complexity index is 361. The molecule has 0 spiro atoms. The zero-order chi connectivity index (χ0) is 10.8. The van der Waals surface area contributed by atoms with Crippen LogP contribution in [0.5, 0.6) is 0 Å².